The molecular weight excluding hydrogens is 280 g/mol. The lowest BCUT2D eigenvalue weighted by atomic mass is 9.95. The Labute approximate surface area is 109 Å². The first-order valence-electron chi connectivity index (χ1n) is 5.24. The summed E-state index contributed by atoms with van der Waals surface area (Å²) in [6, 6.07) is 2.12. The van der Waals surface area contributed by atoms with E-state index in [0.717, 1.165) is 6.07 Å². The summed E-state index contributed by atoms with van der Waals surface area (Å²) in [5, 5.41) is 8.84. The fraction of sp³-hybridized carbons (Fsp3) is 0.364. The van der Waals surface area contributed by atoms with Crippen LogP contribution in [0.25, 0.3) is 0 Å². The van der Waals surface area contributed by atoms with Crippen LogP contribution in [0.2, 0.25) is 0 Å². The van der Waals surface area contributed by atoms with Crippen molar-refractivity contribution in [3.63, 3.8) is 0 Å². The van der Waals surface area contributed by atoms with E-state index in [4.69, 9.17) is 5.11 Å². The molecular formula is C11H13F2NO4S. The summed E-state index contributed by atoms with van der Waals surface area (Å²) in [5.41, 5.74) is -1.31. The van der Waals surface area contributed by atoms with Gasteiger partial charge in [0, 0.05) is 6.54 Å². The van der Waals surface area contributed by atoms with Crippen molar-refractivity contribution in [1.29, 1.82) is 0 Å². The summed E-state index contributed by atoms with van der Waals surface area (Å²) in [4.78, 5) is 10.4. The van der Waals surface area contributed by atoms with Crippen LogP contribution in [0.15, 0.2) is 23.1 Å². The summed E-state index contributed by atoms with van der Waals surface area (Å²) >= 11 is 0. The smallest absolute Gasteiger partial charge is 0.310 e. The molecule has 0 saturated carbocycles. The highest BCUT2D eigenvalue weighted by atomic mass is 32.2. The zero-order chi connectivity index (χ0) is 14.8. The highest BCUT2D eigenvalue weighted by molar-refractivity contribution is 7.89. The van der Waals surface area contributed by atoms with Crippen LogP contribution in [0.4, 0.5) is 8.78 Å². The lowest BCUT2D eigenvalue weighted by molar-refractivity contribution is -0.146. The third-order valence-electron chi connectivity index (χ3n) is 2.48. The largest absolute Gasteiger partial charge is 0.481 e. The number of rotatable bonds is 5. The predicted molar refractivity (Wildman–Crippen MR) is 63.0 cm³/mol. The number of hydrogen-bond donors (Lipinski definition) is 2. The molecule has 0 bridgehead atoms. The van der Waals surface area contributed by atoms with Gasteiger partial charge in [0.25, 0.3) is 0 Å². The van der Waals surface area contributed by atoms with E-state index in [1.54, 1.807) is 0 Å². The SMILES string of the molecule is CC(C)(CNS(=O)(=O)c1ccc(F)c(F)c1)C(=O)O. The van der Waals surface area contributed by atoms with Gasteiger partial charge in [0.2, 0.25) is 10.0 Å². The Hall–Kier alpha value is -1.54. The molecule has 0 amide bonds. The summed E-state index contributed by atoms with van der Waals surface area (Å²) in [6.07, 6.45) is 0. The molecule has 0 aliphatic heterocycles. The van der Waals surface area contributed by atoms with Crippen LogP contribution in [0, 0.1) is 17.0 Å². The Morgan fingerprint density at radius 2 is 1.89 bits per heavy atom. The average molecular weight is 293 g/mol. The summed E-state index contributed by atoms with van der Waals surface area (Å²) in [5.74, 6) is -3.63. The highest BCUT2D eigenvalue weighted by Crippen LogP contribution is 2.17. The molecule has 2 N–H and O–H groups in total. The highest BCUT2D eigenvalue weighted by Gasteiger charge is 2.29. The maximum absolute atomic E-state index is 13.0. The zero-order valence-electron chi connectivity index (χ0n) is 10.3. The van der Waals surface area contributed by atoms with Gasteiger partial charge in [-0.25, -0.2) is 21.9 Å². The number of hydrogen-bond acceptors (Lipinski definition) is 3. The molecule has 0 fully saturated rings. The van der Waals surface area contributed by atoms with Gasteiger partial charge >= 0.3 is 5.97 Å². The predicted octanol–water partition coefficient (Wildman–Crippen LogP) is 1.35. The maximum atomic E-state index is 13.0. The van der Waals surface area contributed by atoms with Gasteiger partial charge in [0.1, 0.15) is 0 Å². The summed E-state index contributed by atoms with van der Waals surface area (Å²) < 4.78 is 51.2. The van der Waals surface area contributed by atoms with E-state index < -0.39 is 37.9 Å². The van der Waals surface area contributed by atoms with Crippen LogP contribution in [-0.2, 0) is 14.8 Å². The molecule has 1 aromatic rings. The van der Waals surface area contributed by atoms with E-state index in [9.17, 15) is 22.0 Å². The molecule has 0 heterocycles. The van der Waals surface area contributed by atoms with Gasteiger partial charge in [0.15, 0.2) is 11.6 Å². The Morgan fingerprint density at radius 1 is 1.32 bits per heavy atom. The number of benzene rings is 1. The van der Waals surface area contributed by atoms with Gasteiger partial charge < -0.3 is 5.11 Å². The summed E-state index contributed by atoms with van der Waals surface area (Å²) in [7, 11) is -4.09. The van der Waals surface area contributed by atoms with Crippen LogP contribution in [0.1, 0.15) is 13.8 Å². The third-order valence-corrected chi connectivity index (χ3v) is 3.88. The molecule has 19 heavy (non-hydrogen) atoms. The number of carboxylic acids is 1. The van der Waals surface area contributed by atoms with E-state index in [0.29, 0.717) is 12.1 Å². The molecule has 0 saturated heterocycles. The molecule has 1 rings (SSSR count). The van der Waals surface area contributed by atoms with Crippen molar-refractivity contribution < 1.29 is 27.1 Å². The second-order valence-electron chi connectivity index (χ2n) is 4.59. The Morgan fingerprint density at radius 3 is 2.37 bits per heavy atom. The Kier molecular flexibility index (Phi) is 4.26. The molecule has 106 valence electrons. The van der Waals surface area contributed by atoms with Gasteiger partial charge in [0.05, 0.1) is 10.3 Å². The van der Waals surface area contributed by atoms with Crippen molar-refractivity contribution in [3.05, 3.63) is 29.8 Å². The van der Waals surface area contributed by atoms with Crippen molar-refractivity contribution >= 4 is 16.0 Å². The van der Waals surface area contributed by atoms with Crippen LogP contribution in [0.3, 0.4) is 0 Å². The van der Waals surface area contributed by atoms with Gasteiger partial charge in [-0.15, -0.1) is 0 Å². The maximum Gasteiger partial charge on any atom is 0.310 e. The van der Waals surface area contributed by atoms with Crippen LogP contribution in [0.5, 0.6) is 0 Å². The fourth-order valence-corrected chi connectivity index (χ4v) is 2.30. The van der Waals surface area contributed by atoms with Gasteiger partial charge in [-0.3, -0.25) is 4.79 Å². The molecule has 8 heteroatoms. The molecule has 0 unspecified atom stereocenters. The van der Waals surface area contributed by atoms with Crippen LogP contribution < -0.4 is 4.72 Å². The first-order chi connectivity index (χ1) is 8.56. The fourth-order valence-electron chi connectivity index (χ4n) is 1.08. The first kappa shape index (κ1) is 15.5. The number of carbonyl (C=O) groups is 1. The molecule has 0 spiro atoms. The van der Waals surface area contributed by atoms with Crippen molar-refractivity contribution in [2.45, 2.75) is 18.7 Å². The minimum absolute atomic E-state index is 0.371. The monoisotopic (exact) mass is 293 g/mol. The normalized spacial score (nSPS) is 12.4. The van der Waals surface area contributed by atoms with Gasteiger partial charge in [-0.1, -0.05) is 0 Å². The molecule has 0 atom stereocenters. The Bertz CT molecular complexity index is 599. The summed E-state index contributed by atoms with van der Waals surface area (Å²) in [6.45, 7) is 2.30. The van der Waals surface area contributed by atoms with E-state index in [-0.39, 0.29) is 6.54 Å². The lowest BCUT2D eigenvalue weighted by Gasteiger charge is -2.19. The number of aliphatic carboxylic acids is 1. The van der Waals surface area contributed by atoms with Crippen molar-refractivity contribution in [2.24, 2.45) is 5.41 Å². The van der Waals surface area contributed by atoms with Gasteiger partial charge in [-0.05, 0) is 32.0 Å². The van der Waals surface area contributed by atoms with E-state index in [2.05, 4.69) is 0 Å². The molecule has 0 aromatic heterocycles. The molecule has 5 nitrogen and oxygen atoms in total. The molecule has 0 aliphatic carbocycles. The number of halogens is 2. The van der Waals surface area contributed by atoms with E-state index in [1.165, 1.54) is 13.8 Å². The molecule has 0 radical (unpaired) electrons. The minimum atomic E-state index is -4.09. The molecule has 1 aromatic carbocycles. The van der Waals surface area contributed by atoms with Gasteiger partial charge in [-0.2, -0.15) is 0 Å². The quantitative estimate of drug-likeness (QED) is 0.858. The van der Waals surface area contributed by atoms with Crippen molar-refractivity contribution in [1.82, 2.24) is 4.72 Å². The van der Waals surface area contributed by atoms with Crippen LogP contribution >= 0.6 is 0 Å². The number of nitrogens with one attached hydrogen (secondary N) is 1. The second kappa shape index (κ2) is 5.22. The average Bonchev–Trinajstić information content (AvgIpc) is 2.30. The Balaban J connectivity index is 2.93. The van der Waals surface area contributed by atoms with Crippen LogP contribution in [-0.4, -0.2) is 26.0 Å². The minimum Gasteiger partial charge on any atom is -0.481 e. The third kappa shape index (κ3) is 3.71. The number of sulfonamides is 1. The van der Waals surface area contributed by atoms with Crippen molar-refractivity contribution in [3.8, 4) is 0 Å². The topological polar surface area (TPSA) is 83.5 Å². The lowest BCUT2D eigenvalue weighted by Crippen LogP contribution is -2.38. The second-order valence-corrected chi connectivity index (χ2v) is 6.36. The molecule has 0 aliphatic rings. The number of carboxylic acid groups (broad SMARTS) is 1. The zero-order valence-corrected chi connectivity index (χ0v) is 11.1. The standard InChI is InChI=1S/C11H13F2NO4S/c1-11(2,10(15)16)6-14-19(17,18)7-3-4-8(12)9(13)5-7/h3-5,14H,6H2,1-2H3,(H,15,16). The van der Waals surface area contributed by atoms with Crippen molar-refractivity contribution in [2.75, 3.05) is 6.54 Å². The van der Waals surface area contributed by atoms with E-state index in [1.807, 2.05) is 4.72 Å². The van der Waals surface area contributed by atoms with E-state index >= 15 is 0 Å². The first-order valence-corrected chi connectivity index (χ1v) is 6.73.